The second-order valence-electron chi connectivity index (χ2n) is 14.3. The highest BCUT2D eigenvalue weighted by molar-refractivity contribution is 6.13. The highest BCUT2D eigenvalue weighted by atomic mass is 16.5. The molecule has 3 aliphatic carbocycles. The topological polar surface area (TPSA) is 116 Å². The molecule has 0 aromatic heterocycles. The minimum absolute atomic E-state index is 0.100. The summed E-state index contributed by atoms with van der Waals surface area (Å²) in [7, 11) is 1.48. The summed E-state index contributed by atoms with van der Waals surface area (Å²) in [4.78, 5) is 60.0. The number of anilines is 1. The molecule has 6 atom stereocenters. The van der Waals surface area contributed by atoms with Crippen LogP contribution >= 0.6 is 0 Å². The van der Waals surface area contributed by atoms with Gasteiger partial charge in [-0.2, -0.15) is 5.01 Å². The molecule has 49 heavy (non-hydrogen) atoms. The number of aryl methyl sites for hydroxylation is 1. The van der Waals surface area contributed by atoms with E-state index in [2.05, 4.69) is 5.43 Å². The Morgan fingerprint density at radius 3 is 2.29 bits per heavy atom. The third-order valence-electron chi connectivity index (χ3n) is 11.9. The van der Waals surface area contributed by atoms with E-state index in [1.54, 1.807) is 23.1 Å². The molecule has 3 aromatic carbocycles. The molecule has 0 bridgehead atoms. The minimum atomic E-state index is -1.45. The molecular formula is C40H41N3O6. The normalized spacial score (nSPS) is 29.8. The SMILES string of the molecule is COc1cccc([C@H]2C3=CC[C@@H]4C(=O)N(C5CCCCC5)C(=O)[C@@H]4[C@@H]3C[C@H]3C(=O)N(Nc4ccc(C)cc4)C(=O)[C@@]23c2ccccc2)c1O. The van der Waals surface area contributed by atoms with Crippen LogP contribution in [-0.2, 0) is 24.6 Å². The van der Waals surface area contributed by atoms with Gasteiger partial charge in [-0.3, -0.25) is 29.5 Å². The first-order chi connectivity index (χ1) is 23.8. The largest absolute Gasteiger partial charge is 0.504 e. The first kappa shape index (κ1) is 31.4. The average molecular weight is 660 g/mol. The number of allylic oxidation sites excluding steroid dienone is 2. The molecule has 0 unspecified atom stereocenters. The van der Waals surface area contributed by atoms with Gasteiger partial charge in [-0.05, 0) is 62.3 Å². The van der Waals surface area contributed by atoms with Crippen molar-refractivity contribution in [2.75, 3.05) is 12.5 Å². The quantitative estimate of drug-likeness (QED) is 0.245. The van der Waals surface area contributed by atoms with Crippen molar-refractivity contribution in [3.05, 3.63) is 101 Å². The first-order valence-corrected chi connectivity index (χ1v) is 17.5. The number of hydrogen-bond acceptors (Lipinski definition) is 7. The van der Waals surface area contributed by atoms with Crippen molar-refractivity contribution in [2.24, 2.45) is 23.7 Å². The molecule has 2 heterocycles. The van der Waals surface area contributed by atoms with Gasteiger partial charge in [0.05, 0.1) is 36.0 Å². The van der Waals surface area contributed by atoms with Crippen molar-refractivity contribution in [3.63, 3.8) is 0 Å². The molecule has 4 amide bonds. The highest BCUT2D eigenvalue weighted by Crippen LogP contribution is 2.65. The summed E-state index contributed by atoms with van der Waals surface area (Å²) in [5.41, 5.74) is 5.20. The number of rotatable bonds is 6. The monoisotopic (exact) mass is 659 g/mol. The summed E-state index contributed by atoms with van der Waals surface area (Å²) >= 11 is 0. The standard InChI is InChI=1S/C40H41N3O6/c1-23-16-18-25(19-17-23)41-43-37(46)31-22-30-27(20-21-28-33(30)38(47)42(36(28)45)26-12-7-4-8-13-26)34(29-14-9-15-32(49-2)35(29)44)40(31,39(43)48)24-10-5-3-6-11-24/h3,5-6,9-11,14-20,26,28,30-31,33-34,41,44H,4,7-8,12-13,21-22H2,1-2H3/t28-,30+,31-,33-,34+,40+/m0/s1. The molecule has 0 radical (unpaired) electrons. The van der Waals surface area contributed by atoms with E-state index < -0.39 is 46.8 Å². The molecule has 4 fully saturated rings. The maximum absolute atomic E-state index is 15.2. The molecule has 2 aliphatic heterocycles. The summed E-state index contributed by atoms with van der Waals surface area (Å²) < 4.78 is 5.55. The van der Waals surface area contributed by atoms with Crippen molar-refractivity contribution in [3.8, 4) is 11.5 Å². The van der Waals surface area contributed by atoms with E-state index in [1.165, 1.54) is 7.11 Å². The van der Waals surface area contributed by atoms with Crippen LogP contribution in [0.25, 0.3) is 0 Å². The molecule has 252 valence electrons. The number of nitrogens with zero attached hydrogens (tertiary/aromatic N) is 2. The summed E-state index contributed by atoms with van der Waals surface area (Å²) in [6.45, 7) is 1.97. The number of aromatic hydroxyl groups is 1. The smallest absolute Gasteiger partial charge is 0.260 e. The molecule has 5 aliphatic rings. The fourth-order valence-corrected chi connectivity index (χ4v) is 9.75. The number of phenols is 1. The number of amides is 4. The molecule has 2 N–H and O–H groups in total. The van der Waals surface area contributed by atoms with Crippen molar-refractivity contribution in [1.82, 2.24) is 9.91 Å². The van der Waals surface area contributed by atoms with E-state index >= 15 is 4.79 Å². The zero-order valence-corrected chi connectivity index (χ0v) is 27.8. The van der Waals surface area contributed by atoms with Crippen molar-refractivity contribution < 1.29 is 29.0 Å². The van der Waals surface area contributed by atoms with Gasteiger partial charge in [0.2, 0.25) is 11.8 Å². The van der Waals surface area contributed by atoms with Crippen molar-refractivity contribution in [2.45, 2.75) is 69.2 Å². The van der Waals surface area contributed by atoms with E-state index in [9.17, 15) is 19.5 Å². The van der Waals surface area contributed by atoms with E-state index in [1.807, 2.05) is 67.6 Å². The second kappa shape index (κ2) is 11.9. The molecule has 9 nitrogen and oxygen atoms in total. The van der Waals surface area contributed by atoms with Crippen LogP contribution in [0.1, 0.15) is 67.6 Å². The molecule has 2 saturated carbocycles. The Labute approximate surface area is 285 Å². The molecular weight excluding hydrogens is 618 g/mol. The minimum Gasteiger partial charge on any atom is -0.504 e. The van der Waals surface area contributed by atoms with E-state index in [0.29, 0.717) is 23.2 Å². The van der Waals surface area contributed by atoms with Crippen LogP contribution < -0.4 is 10.2 Å². The van der Waals surface area contributed by atoms with Gasteiger partial charge in [0.1, 0.15) is 0 Å². The first-order valence-electron chi connectivity index (χ1n) is 17.5. The van der Waals surface area contributed by atoms with Crippen LogP contribution in [0.2, 0.25) is 0 Å². The second-order valence-corrected chi connectivity index (χ2v) is 14.3. The van der Waals surface area contributed by atoms with Gasteiger partial charge in [0.15, 0.2) is 11.5 Å². The summed E-state index contributed by atoms with van der Waals surface area (Å²) in [6, 6.07) is 21.9. The molecule has 8 rings (SSSR count). The number of hydrogen-bond donors (Lipinski definition) is 2. The van der Waals surface area contributed by atoms with Crippen LogP contribution in [0.3, 0.4) is 0 Å². The highest BCUT2D eigenvalue weighted by Gasteiger charge is 2.70. The lowest BCUT2D eigenvalue weighted by atomic mass is 9.49. The number of methoxy groups -OCH3 is 1. The average Bonchev–Trinajstić information content (AvgIpc) is 3.51. The Hall–Kier alpha value is -4.92. The summed E-state index contributed by atoms with van der Waals surface area (Å²) in [5.74, 6) is -4.31. The lowest BCUT2D eigenvalue weighted by Crippen LogP contribution is -2.53. The van der Waals surface area contributed by atoms with Gasteiger partial charge in [-0.1, -0.05) is 91.1 Å². The molecule has 0 spiro atoms. The van der Waals surface area contributed by atoms with E-state index in [-0.39, 0.29) is 35.8 Å². The van der Waals surface area contributed by atoms with Gasteiger partial charge in [-0.25, -0.2) is 0 Å². The van der Waals surface area contributed by atoms with E-state index in [4.69, 9.17) is 4.74 Å². The molecule has 9 heteroatoms. The van der Waals surface area contributed by atoms with Gasteiger partial charge >= 0.3 is 0 Å². The van der Waals surface area contributed by atoms with Crippen molar-refractivity contribution >= 4 is 29.3 Å². The summed E-state index contributed by atoms with van der Waals surface area (Å²) in [5, 5.41) is 12.9. The lowest BCUT2D eigenvalue weighted by molar-refractivity contribution is -0.144. The third-order valence-corrected chi connectivity index (χ3v) is 11.9. The number of para-hydroxylation sites is 1. The predicted molar refractivity (Wildman–Crippen MR) is 182 cm³/mol. The number of likely N-dealkylation sites (tertiary alicyclic amines) is 1. The summed E-state index contributed by atoms with van der Waals surface area (Å²) in [6.07, 6.45) is 7.31. The van der Waals surface area contributed by atoms with Crippen LogP contribution in [0.15, 0.2) is 84.4 Å². The van der Waals surface area contributed by atoms with Crippen LogP contribution in [0.4, 0.5) is 5.69 Å². The number of imide groups is 2. The fraction of sp³-hybridized carbons (Fsp3) is 0.400. The Morgan fingerprint density at radius 2 is 1.57 bits per heavy atom. The Balaban J connectivity index is 1.32. The number of hydrazine groups is 1. The number of phenolic OH excluding ortho intramolecular Hbond substituents is 1. The molecule has 2 saturated heterocycles. The van der Waals surface area contributed by atoms with Crippen LogP contribution in [0.5, 0.6) is 11.5 Å². The fourth-order valence-electron chi connectivity index (χ4n) is 9.75. The number of fused-ring (bicyclic) bond motifs is 4. The number of ether oxygens (including phenoxy) is 1. The Morgan fingerprint density at radius 1 is 0.837 bits per heavy atom. The van der Waals surface area contributed by atoms with Crippen LogP contribution in [-0.4, -0.2) is 51.8 Å². The Kier molecular flexibility index (Phi) is 7.61. The number of carbonyl (C=O) groups is 4. The lowest BCUT2D eigenvalue weighted by Gasteiger charge is -2.50. The number of benzene rings is 3. The van der Waals surface area contributed by atoms with E-state index in [0.717, 1.165) is 48.2 Å². The molecule has 3 aromatic rings. The van der Waals surface area contributed by atoms with Gasteiger partial charge in [0.25, 0.3) is 11.8 Å². The van der Waals surface area contributed by atoms with Gasteiger partial charge < -0.3 is 9.84 Å². The zero-order valence-electron chi connectivity index (χ0n) is 27.8. The van der Waals surface area contributed by atoms with Gasteiger partial charge in [0, 0.05) is 17.5 Å². The number of carbonyl (C=O) groups excluding carboxylic acids is 4. The maximum atomic E-state index is 15.2. The van der Waals surface area contributed by atoms with Gasteiger partial charge in [-0.15, -0.1) is 0 Å². The van der Waals surface area contributed by atoms with Crippen molar-refractivity contribution in [1.29, 1.82) is 0 Å². The third kappa shape index (κ3) is 4.57. The predicted octanol–water partition coefficient (Wildman–Crippen LogP) is 6.03. The maximum Gasteiger partial charge on any atom is 0.260 e. The number of nitrogens with one attached hydrogen (secondary N) is 1. The van der Waals surface area contributed by atoms with Crippen LogP contribution in [0, 0.1) is 30.6 Å². The zero-order chi connectivity index (χ0) is 34.0. The Bertz CT molecular complexity index is 1870.